The Labute approximate surface area is 83.5 Å². The zero-order chi connectivity index (χ0) is 9.54. The van der Waals surface area contributed by atoms with E-state index in [1.807, 2.05) is 4.90 Å². The molecule has 0 aromatic carbocycles. The highest BCUT2D eigenvalue weighted by Gasteiger charge is 2.39. The van der Waals surface area contributed by atoms with Crippen molar-refractivity contribution in [3.63, 3.8) is 0 Å². The van der Waals surface area contributed by atoms with Crippen molar-refractivity contribution in [2.45, 2.75) is 31.7 Å². The van der Waals surface area contributed by atoms with Gasteiger partial charge in [-0.15, -0.1) is 0 Å². The second kappa shape index (κ2) is 2.94. The molecule has 3 heteroatoms. The molecule has 0 saturated carbocycles. The maximum atomic E-state index is 12.1. The van der Waals surface area contributed by atoms with E-state index in [9.17, 15) is 4.79 Å². The molecule has 0 spiro atoms. The van der Waals surface area contributed by atoms with E-state index in [1.54, 1.807) is 0 Å². The Bertz CT molecular complexity index is 332. The van der Waals surface area contributed by atoms with Gasteiger partial charge < -0.3 is 4.90 Å². The van der Waals surface area contributed by atoms with Gasteiger partial charge in [-0.05, 0) is 19.3 Å². The van der Waals surface area contributed by atoms with Crippen molar-refractivity contribution in [2.75, 3.05) is 6.54 Å². The standard InChI is InChI=1S/C11H14N2O/c14-11-8-4-1-2-5-9(8)12-10-6-3-7-13(10)11/h1-2,8-9H,3-7H2/t8-,9+/m1/s1. The SMILES string of the molecule is O=C1[C@@H]2CC=CC[C@@H]2N=C2CCCN12. The first-order valence-corrected chi connectivity index (χ1v) is 5.39. The summed E-state index contributed by atoms with van der Waals surface area (Å²) in [7, 11) is 0. The molecule has 2 atom stereocenters. The van der Waals surface area contributed by atoms with E-state index in [0.29, 0.717) is 5.91 Å². The molecule has 74 valence electrons. The van der Waals surface area contributed by atoms with Gasteiger partial charge in [0.05, 0.1) is 12.0 Å². The number of amides is 1. The summed E-state index contributed by atoms with van der Waals surface area (Å²) in [5.41, 5.74) is 0. The normalized spacial score (nSPS) is 35.3. The third-order valence-electron chi connectivity index (χ3n) is 3.39. The lowest BCUT2D eigenvalue weighted by molar-refractivity contribution is -0.132. The molecule has 1 aliphatic carbocycles. The Kier molecular flexibility index (Phi) is 1.72. The van der Waals surface area contributed by atoms with E-state index in [-0.39, 0.29) is 12.0 Å². The molecule has 0 aromatic rings. The smallest absolute Gasteiger partial charge is 0.233 e. The molecule has 0 radical (unpaired) electrons. The minimum absolute atomic E-state index is 0.141. The molecule has 3 aliphatic rings. The third kappa shape index (κ3) is 1.04. The number of hydrogen-bond donors (Lipinski definition) is 0. The highest BCUT2D eigenvalue weighted by atomic mass is 16.2. The molecular formula is C11H14N2O. The lowest BCUT2D eigenvalue weighted by Gasteiger charge is -2.34. The first kappa shape index (κ1) is 8.21. The highest BCUT2D eigenvalue weighted by Crippen LogP contribution is 2.31. The fourth-order valence-electron chi connectivity index (χ4n) is 2.63. The molecule has 0 aromatic heterocycles. The molecular weight excluding hydrogens is 176 g/mol. The number of nitrogens with zero attached hydrogens (tertiary/aromatic N) is 2. The molecule has 2 aliphatic heterocycles. The van der Waals surface area contributed by atoms with Gasteiger partial charge >= 0.3 is 0 Å². The molecule has 1 fully saturated rings. The van der Waals surface area contributed by atoms with Crippen LogP contribution in [0.3, 0.4) is 0 Å². The number of fused-ring (bicyclic) bond motifs is 2. The number of rotatable bonds is 0. The number of amidine groups is 1. The molecule has 3 rings (SSSR count). The van der Waals surface area contributed by atoms with Crippen LogP contribution < -0.4 is 0 Å². The van der Waals surface area contributed by atoms with Crippen molar-refractivity contribution in [1.82, 2.24) is 4.90 Å². The molecule has 14 heavy (non-hydrogen) atoms. The van der Waals surface area contributed by atoms with Crippen LogP contribution in [-0.4, -0.2) is 29.2 Å². The van der Waals surface area contributed by atoms with Crippen LogP contribution in [0, 0.1) is 5.92 Å². The van der Waals surface area contributed by atoms with Crippen LogP contribution >= 0.6 is 0 Å². The van der Waals surface area contributed by atoms with Crippen LogP contribution in [0.15, 0.2) is 17.1 Å². The Morgan fingerprint density at radius 1 is 1.36 bits per heavy atom. The minimum Gasteiger partial charge on any atom is -0.300 e. The largest absolute Gasteiger partial charge is 0.300 e. The predicted octanol–water partition coefficient (Wildman–Crippen LogP) is 1.36. The predicted molar refractivity (Wildman–Crippen MR) is 54.0 cm³/mol. The Morgan fingerprint density at radius 2 is 2.21 bits per heavy atom. The van der Waals surface area contributed by atoms with Gasteiger partial charge in [0.2, 0.25) is 5.91 Å². The van der Waals surface area contributed by atoms with Crippen molar-refractivity contribution >= 4 is 11.7 Å². The first-order chi connectivity index (χ1) is 6.86. The van der Waals surface area contributed by atoms with Gasteiger partial charge in [0.15, 0.2) is 0 Å². The van der Waals surface area contributed by atoms with Gasteiger partial charge in [0, 0.05) is 13.0 Å². The van der Waals surface area contributed by atoms with Crippen LogP contribution in [0.25, 0.3) is 0 Å². The van der Waals surface area contributed by atoms with Gasteiger partial charge in [-0.2, -0.15) is 0 Å². The summed E-state index contributed by atoms with van der Waals surface area (Å²) in [5, 5.41) is 0. The summed E-state index contributed by atoms with van der Waals surface area (Å²) in [4.78, 5) is 18.6. The fraction of sp³-hybridized carbons (Fsp3) is 0.636. The topological polar surface area (TPSA) is 32.7 Å². The monoisotopic (exact) mass is 190 g/mol. The third-order valence-corrected chi connectivity index (χ3v) is 3.39. The summed E-state index contributed by atoms with van der Waals surface area (Å²) in [5.74, 6) is 1.51. The van der Waals surface area contributed by atoms with Gasteiger partial charge in [-0.1, -0.05) is 12.2 Å². The maximum absolute atomic E-state index is 12.1. The zero-order valence-corrected chi connectivity index (χ0v) is 8.15. The van der Waals surface area contributed by atoms with Crippen LogP contribution in [0.1, 0.15) is 25.7 Å². The molecule has 0 bridgehead atoms. The Hall–Kier alpha value is -1.12. The first-order valence-electron chi connectivity index (χ1n) is 5.39. The zero-order valence-electron chi connectivity index (χ0n) is 8.15. The second-order valence-electron chi connectivity index (χ2n) is 4.26. The summed E-state index contributed by atoms with van der Waals surface area (Å²) < 4.78 is 0. The number of hydrogen-bond acceptors (Lipinski definition) is 2. The lowest BCUT2D eigenvalue weighted by Crippen LogP contribution is -2.46. The van der Waals surface area contributed by atoms with Crippen molar-refractivity contribution < 1.29 is 4.79 Å². The maximum Gasteiger partial charge on any atom is 0.233 e. The van der Waals surface area contributed by atoms with Crippen LogP contribution in [0.5, 0.6) is 0 Å². The van der Waals surface area contributed by atoms with E-state index < -0.39 is 0 Å². The van der Waals surface area contributed by atoms with Crippen LogP contribution in [-0.2, 0) is 4.79 Å². The average Bonchev–Trinajstić information content (AvgIpc) is 2.66. The molecule has 1 amide bonds. The highest BCUT2D eigenvalue weighted by molar-refractivity contribution is 6.02. The quantitative estimate of drug-likeness (QED) is 0.531. The van der Waals surface area contributed by atoms with Crippen molar-refractivity contribution in [2.24, 2.45) is 10.9 Å². The molecule has 1 saturated heterocycles. The minimum atomic E-state index is 0.141. The van der Waals surface area contributed by atoms with E-state index in [4.69, 9.17) is 0 Å². The molecule has 0 unspecified atom stereocenters. The van der Waals surface area contributed by atoms with Crippen molar-refractivity contribution in [1.29, 1.82) is 0 Å². The molecule has 3 nitrogen and oxygen atoms in total. The fourth-order valence-corrected chi connectivity index (χ4v) is 2.63. The average molecular weight is 190 g/mol. The van der Waals surface area contributed by atoms with E-state index >= 15 is 0 Å². The molecule has 2 heterocycles. The van der Waals surface area contributed by atoms with Gasteiger partial charge in [-0.25, -0.2) is 0 Å². The van der Waals surface area contributed by atoms with Crippen LogP contribution in [0.2, 0.25) is 0 Å². The van der Waals surface area contributed by atoms with Crippen LogP contribution in [0.4, 0.5) is 0 Å². The van der Waals surface area contributed by atoms with E-state index in [2.05, 4.69) is 17.1 Å². The van der Waals surface area contributed by atoms with Crippen molar-refractivity contribution in [3.05, 3.63) is 12.2 Å². The summed E-state index contributed by atoms with van der Waals surface area (Å²) in [6.45, 7) is 0.893. The van der Waals surface area contributed by atoms with E-state index in [0.717, 1.165) is 38.1 Å². The van der Waals surface area contributed by atoms with Gasteiger partial charge in [-0.3, -0.25) is 9.79 Å². The number of carbonyl (C=O) groups is 1. The lowest BCUT2D eigenvalue weighted by atomic mass is 9.87. The molecule has 0 N–H and O–H groups in total. The van der Waals surface area contributed by atoms with E-state index in [1.165, 1.54) is 0 Å². The van der Waals surface area contributed by atoms with Gasteiger partial charge in [0.1, 0.15) is 5.84 Å². The number of aliphatic imine (C=N–C) groups is 1. The Morgan fingerprint density at radius 3 is 3.14 bits per heavy atom. The number of carbonyl (C=O) groups excluding carboxylic acids is 1. The number of allylic oxidation sites excluding steroid dienone is 1. The summed E-state index contributed by atoms with van der Waals surface area (Å²) in [6, 6.07) is 0.247. The van der Waals surface area contributed by atoms with Crippen molar-refractivity contribution in [3.8, 4) is 0 Å². The summed E-state index contributed by atoms with van der Waals surface area (Å²) in [6.07, 6.45) is 8.21. The van der Waals surface area contributed by atoms with Gasteiger partial charge in [0.25, 0.3) is 0 Å². The second-order valence-corrected chi connectivity index (χ2v) is 4.26. The Balaban J connectivity index is 1.97. The summed E-state index contributed by atoms with van der Waals surface area (Å²) >= 11 is 0.